The fourth-order valence-electron chi connectivity index (χ4n) is 1.83. The van der Waals surface area contributed by atoms with Crippen molar-refractivity contribution in [2.75, 3.05) is 6.61 Å². The van der Waals surface area contributed by atoms with E-state index in [1.165, 1.54) is 16.7 Å². The van der Waals surface area contributed by atoms with Gasteiger partial charge in [-0.05, 0) is 63.6 Å². The van der Waals surface area contributed by atoms with Crippen molar-refractivity contribution in [3.63, 3.8) is 0 Å². The van der Waals surface area contributed by atoms with Crippen molar-refractivity contribution in [1.29, 1.82) is 0 Å². The number of hydrogen-bond donors (Lipinski definition) is 2. The van der Waals surface area contributed by atoms with Crippen LogP contribution in [-0.2, 0) is 0 Å². The Morgan fingerprint density at radius 1 is 1.14 bits per heavy atom. The molecule has 0 aromatic heterocycles. The highest BCUT2D eigenvalue weighted by atomic mass is 16.3. The molecule has 0 unspecified atom stereocenters. The molecule has 0 atom stereocenters. The zero-order chi connectivity index (χ0) is 17.1. The summed E-state index contributed by atoms with van der Waals surface area (Å²) < 4.78 is 0. The van der Waals surface area contributed by atoms with Crippen LogP contribution in [0.4, 0.5) is 0 Å². The Bertz CT molecular complexity index is 492. The monoisotopic (exact) mass is 304 g/mol. The molecule has 2 heteroatoms. The predicted octanol–water partition coefficient (Wildman–Crippen LogP) is 5.50. The summed E-state index contributed by atoms with van der Waals surface area (Å²) in [5.41, 5.74) is 4.76. The van der Waals surface area contributed by atoms with Crippen molar-refractivity contribution in [2.45, 2.75) is 60.3 Å². The van der Waals surface area contributed by atoms with Crippen molar-refractivity contribution in [1.82, 2.24) is 0 Å². The molecule has 0 heterocycles. The molecule has 0 fully saturated rings. The fraction of sp³-hybridized carbons (Fsp3) is 0.500. The summed E-state index contributed by atoms with van der Waals surface area (Å²) in [5.74, 6) is 0.887. The van der Waals surface area contributed by atoms with E-state index in [-0.39, 0.29) is 6.61 Å². The van der Waals surface area contributed by atoms with Gasteiger partial charge in [0.15, 0.2) is 0 Å². The number of aliphatic hydroxyl groups is 1. The van der Waals surface area contributed by atoms with Gasteiger partial charge in [-0.15, -0.1) is 0 Å². The first-order chi connectivity index (χ1) is 10.3. The van der Waals surface area contributed by atoms with Crippen LogP contribution < -0.4 is 0 Å². The first-order valence-electron chi connectivity index (χ1n) is 7.97. The molecule has 0 bridgehead atoms. The molecule has 0 aliphatic rings. The number of benzene rings is 1. The van der Waals surface area contributed by atoms with Gasteiger partial charge in [0.1, 0.15) is 5.75 Å². The van der Waals surface area contributed by atoms with E-state index < -0.39 is 0 Å². The minimum absolute atomic E-state index is 0.167. The lowest BCUT2D eigenvalue weighted by Gasteiger charge is -2.06. The Labute approximate surface area is 136 Å². The second kappa shape index (κ2) is 11.1. The Morgan fingerprint density at radius 3 is 2.23 bits per heavy atom. The number of rotatable bonds is 5. The van der Waals surface area contributed by atoms with Crippen LogP contribution in [0.5, 0.6) is 5.75 Å². The normalized spacial score (nSPS) is 11.0. The minimum atomic E-state index is 0.167. The average molecular weight is 304 g/mol. The number of allylic oxidation sites excluding steroid dienone is 3. The van der Waals surface area contributed by atoms with Crippen molar-refractivity contribution in [2.24, 2.45) is 0 Å². The lowest BCUT2D eigenvalue weighted by Crippen LogP contribution is -1.86. The van der Waals surface area contributed by atoms with Gasteiger partial charge in [-0.1, -0.05) is 49.3 Å². The second-order valence-electron chi connectivity index (χ2n) is 6.25. The van der Waals surface area contributed by atoms with Gasteiger partial charge in [-0.2, -0.15) is 0 Å². The van der Waals surface area contributed by atoms with Gasteiger partial charge in [0.2, 0.25) is 0 Å². The van der Waals surface area contributed by atoms with Crippen LogP contribution in [0.2, 0.25) is 0 Å². The van der Waals surface area contributed by atoms with Crippen molar-refractivity contribution in [3.8, 4) is 5.75 Å². The number of hydrogen-bond acceptors (Lipinski definition) is 2. The molecule has 124 valence electrons. The summed E-state index contributed by atoms with van der Waals surface area (Å²) >= 11 is 0. The summed E-state index contributed by atoms with van der Waals surface area (Å²) in [4.78, 5) is 0. The molecule has 1 aromatic carbocycles. The maximum Gasteiger partial charge on any atom is 0.118 e. The summed E-state index contributed by atoms with van der Waals surface area (Å²) in [7, 11) is 0. The maximum absolute atomic E-state index is 9.35. The average Bonchev–Trinajstić information content (AvgIpc) is 2.42. The Balaban J connectivity index is 0.000000401. The van der Waals surface area contributed by atoms with Crippen LogP contribution in [0.1, 0.15) is 64.5 Å². The van der Waals surface area contributed by atoms with Gasteiger partial charge in [0.05, 0.1) is 6.61 Å². The summed E-state index contributed by atoms with van der Waals surface area (Å²) in [6.45, 7) is 12.6. The number of aliphatic hydroxyl groups excluding tert-OH is 1. The Hall–Kier alpha value is -1.54. The van der Waals surface area contributed by atoms with Crippen LogP contribution in [0.25, 0.3) is 0 Å². The minimum Gasteiger partial charge on any atom is -0.508 e. The number of aryl methyl sites for hydroxylation is 1. The number of phenols is 1. The van der Waals surface area contributed by atoms with E-state index in [1.54, 1.807) is 0 Å². The van der Waals surface area contributed by atoms with Gasteiger partial charge in [-0.25, -0.2) is 0 Å². The highest BCUT2D eigenvalue weighted by Crippen LogP contribution is 2.22. The van der Waals surface area contributed by atoms with Crippen LogP contribution in [-0.4, -0.2) is 16.8 Å². The molecular weight excluding hydrogens is 272 g/mol. The van der Waals surface area contributed by atoms with E-state index >= 15 is 0 Å². The topological polar surface area (TPSA) is 40.5 Å². The van der Waals surface area contributed by atoms with E-state index in [9.17, 15) is 5.11 Å². The van der Waals surface area contributed by atoms with Crippen molar-refractivity contribution in [3.05, 3.63) is 52.6 Å². The third-order valence-electron chi connectivity index (χ3n) is 3.43. The molecule has 0 spiro atoms. The zero-order valence-corrected chi connectivity index (χ0v) is 15.0. The summed E-state index contributed by atoms with van der Waals surface area (Å²) in [5, 5.41) is 17.9. The van der Waals surface area contributed by atoms with E-state index in [1.807, 2.05) is 25.1 Å². The molecule has 0 saturated carbocycles. The van der Waals surface area contributed by atoms with Crippen molar-refractivity contribution < 1.29 is 10.2 Å². The standard InChI is InChI=1S/C10H14O.C10H18O/c1-7(2)9-5-4-8(3)10(11)6-9;1-9(2)5-4-6-10(3)7-8-11/h4-7,11H,1-3H3;5,7,11H,4,6,8H2,1-3H3/b;10-7+. The van der Waals surface area contributed by atoms with Crippen LogP contribution >= 0.6 is 0 Å². The van der Waals surface area contributed by atoms with Gasteiger partial charge < -0.3 is 10.2 Å². The third-order valence-corrected chi connectivity index (χ3v) is 3.43. The first-order valence-corrected chi connectivity index (χ1v) is 7.97. The zero-order valence-electron chi connectivity index (χ0n) is 15.0. The lowest BCUT2D eigenvalue weighted by molar-refractivity contribution is 0.341. The molecular formula is C20H32O2. The smallest absolute Gasteiger partial charge is 0.118 e. The summed E-state index contributed by atoms with van der Waals surface area (Å²) in [6.07, 6.45) is 6.23. The molecule has 1 aromatic rings. The molecule has 0 aliphatic heterocycles. The largest absolute Gasteiger partial charge is 0.508 e. The Morgan fingerprint density at radius 2 is 1.77 bits per heavy atom. The maximum atomic E-state index is 9.35. The van der Waals surface area contributed by atoms with E-state index in [4.69, 9.17) is 5.11 Å². The molecule has 2 nitrogen and oxygen atoms in total. The molecule has 0 radical (unpaired) electrons. The highest BCUT2D eigenvalue weighted by molar-refractivity contribution is 5.36. The summed E-state index contributed by atoms with van der Waals surface area (Å²) in [6, 6.07) is 5.84. The van der Waals surface area contributed by atoms with Gasteiger partial charge in [0, 0.05) is 0 Å². The second-order valence-corrected chi connectivity index (χ2v) is 6.25. The highest BCUT2D eigenvalue weighted by Gasteiger charge is 2.01. The third kappa shape index (κ3) is 9.41. The molecule has 2 N–H and O–H groups in total. The first kappa shape index (κ1) is 20.5. The molecule has 22 heavy (non-hydrogen) atoms. The van der Waals surface area contributed by atoms with E-state index in [0.717, 1.165) is 18.4 Å². The number of aromatic hydroxyl groups is 1. The van der Waals surface area contributed by atoms with E-state index in [0.29, 0.717) is 11.7 Å². The number of phenolic OH excluding ortho intramolecular Hbond substituents is 1. The van der Waals surface area contributed by atoms with Crippen LogP contribution in [0.3, 0.4) is 0 Å². The van der Waals surface area contributed by atoms with Gasteiger partial charge in [0.25, 0.3) is 0 Å². The molecule has 0 amide bonds. The predicted molar refractivity (Wildman–Crippen MR) is 96.4 cm³/mol. The molecule has 0 aliphatic carbocycles. The van der Waals surface area contributed by atoms with Gasteiger partial charge in [-0.3, -0.25) is 0 Å². The Kier molecular flexibility index (Phi) is 10.3. The van der Waals surface area contributed by atoms with Crippen LogP contribution in [0, 0.1) is 6.92 Å². The van der Waals surface area contributed by atoms with Crippen LogP contribution in [0.15, 0.2) is 41.5 Å². The fourth-order valence-corrected chi connectivity index (χ4v) is 1.83. The van der Waals surface area contributed by atoms with Gasteiger partial charge >= 0.3 is 0 Å². The van der Waals surface area contributed by atoms with E-state index in [2.05, 4.69) is 46.8 Å². The molecule has 1 rings (SSSR count). The molecule has 0 saturated heterocycles. The SMILES string of the molecule is CC(C)=CCC/C(C)=C/CO.Cc1ccc(C(C)C)cc1O. The quantitative estimate of drug-likeness (QED) is 0.706. The van der Waals surface area contributed by atoms with Crippen molar-refractivity contribution >= 4 is 0 Å². The lowest BCUT2D eigenvalue weighted by atomic mass is 10.0.